The summed E-state index contributed by atoms with van der Waals surface area (Å²) in [6.07, 6.45) is 0. The number of aliphatic carboxylic acids is 2. The largest absolute Gasteiger partial charge is 1.00 e. The molecule has 0 saturated carbocycles. The molecule has 0 radical (unpaired) electrons. The van der Waals surface area contributed by atoms with Crippen LogP contribution in [0.2, 0.25) is 0 Å². The molecule has 9 heteroatoms. The number of hydrogen-bond acceptors (Lipinski definition) is 6. The fourth-order valence-corrected chi connectivity index (χ4v) is 3.18. The van der Waals surface area contributed by atoms with Gasteiger partial charge < -0.3 is 29.1 Å². The van der Waals surface area contributed by atoms with Gasteiger partial charge >= 0.3 is 59.1 Å². The molecule has 4 aromatic rings. The molecule has 0 fully saturated rings. The van der Waals surface area contributed by atoms with Crippen molar-refractivity contribution in [3.05, 3.63) is 60.7 Å². The SMILES string of the molecule is O=C([O-])COc1ccc2cc(-c3nc4ccccc4n3CC(=O)[O-])ccc2c1.[Na+].[Na+]. The molecule has 0 unspecified atom stereocenters. The number of benzene rings is 3. The molecule has 0 amide bonds. The van der Waals surface area contributed by atoms with E-state index in [0.717, 1.165) is 16.3 Å². The van der Waals surface area contributed by atoms with Crippen LogP contribution in [-0.4, -0.2) is 28.1 Å². The van der Waals surface area contributed by atoms with Gasteiger partial charge in [-0.05, 0) is 41.1 Å². The zero-order valence-corrected chi connectivity index (χ0v) is 20.6. The number of nitrogens with zero attached hydrogens (tertiary/aromatic N) is 2. The molecule has 0 spiro atoms. The number of carbonyl (C=O) groups is 2. The fraction of sp³-hybridized carbons (Fsp3) is 0.0952. The predicted molar refractivity (Wildman–Crippen MR) is 98.2 cm³/mol. The molecule has 0 bridgehead atoms. The second-order valence-electron chi connectivity index (χ2n) is 6.27. The van der Waals surface area contributed by atoms with Gasteiger partial charge in [-0.3, -0.25) is 0 Å². The van der Waals surface area contributed by atoms with Crippen molar-refractivity contribution in [1.82, 2.24) is 9.55 Å². The summed E-state index contributed by atoms with van der Waals surface area (Å²) in [5.41, 5.74) is 2.17. The number of imidazole rings is 1. The Hall–Kier alpha value is -1.87. The monoisotopic (exact) mass is 420 g/mol. The van der Waals surface area contributed by atoms with E-state index in [4.69, 9.17) is 4.74 Å². The van der Waals surface area contributed by atoms with Crippen molar-refractivity contribution >= 4 is 33.7 Å². The number of ether oxygens (including phenoxy) is 1. The molecule has 0 atom stereocenters. The molecule has 0 aliphatic carbocycles. The Balaban J connectivity index is 0.00000160. The first-order valence-electron chi connectivity index (χ1n) is 8.53. The minimum absolute atomic E-state index is 0. The van der Waals surface area contributed by atoms with Gasteiger partial charge in [0, 0.05) is 5.56 Å². The van der Waals surface area contributed by atoms with E-state index in [2.05, 4.69) is 4.98 Å². The van der Waals surface area contributed by atoms with Crippen molar-refractivity contribution in [3.63, 3.8) is 0 Å². The molecule has 7 nitrogen and oxygen atoms in total. The van der Waals surface area contributed by atoms with E-state index >= 15 is 0 Å². The zero-order valence-electron chi connectivity index (χ0n) is 16.6. The Bertz CT molecular complexity index is 1220. The van der Waals surface area contributed by atoms with Crippen molar-refractivity contribution in [2.75, 3.05) is 6.61 Å². The number of carboxylic acid groups (broad SMARTS) is 2. The van der Waals surface area contributed by atoms with Gasteiger partial charge in [-0.1, -0.05) is 30.3 Å². The van der Waals surface area contributed by atoms with Crippen LogP contribution in [-0.2, 0) is 16.1 Å². The van der Waals surface area contributed by atoms with Gasteiger partial charge in [0.1, 0.15) is 18.2 Å². The van der Waals surface area contributed by atoms with E-state index in [1.165, 1.54) is 0 Å². The molecule has 0 saturated heterocycles. The summed E-state index contributed by atoms with van der Waals surface area (Å²) >= 11 is 0. The summed E-state index contributed by atoms with van der Waals surface area (Å²) < 4.78 is 6.76. The van der Waals surface area contributed by atoms with Gasteiger partial charge in [0.2, 0.25) is 0 Å². The second kappa shape index (κ2) is 10.4. The van der Waals surface area contributed by atoms with Gasteiger partial charge in [-0.25, -0.2) is 4.98 Å². The predicted octanol–water partition coefficient (Wildman–Crippen LogP) is -5.26. The molecule has 0 N–H and O–H groups in total. The van der Waals surface area contributed by atoms with Gasteiger partial charge in [0.05, 0.1) is 29.5 Å². The van der Waals surface area contributed by atoms with Crippen LogP contribution in [0.15, 0.2) is 60.7 Å². The topological polar surface area (TPSA) is 107 Å². The molecular weight excluding hydrogens is 406 g/mol. The van der Waals surface area contributed by atoms with Crippen molar-refractivity contribution in [2.45, 2.75) is 6.54 Å². The van der Waals surface area contributed by atoms with Crippen molar-refractivity contribution in [2.24, 2.45) is 0 Å². The van der Waals surface area contributed by atoms with Crippen LogP contribution in [0.25, 0.3) is 33.2 Å². The minimum atomic E-state index is -1.29. The Morgan fingerprint density at radius 1 is 0.900 bits per heavy atom. The van der Waals surface area contributed by atoms with Crippen LogP contribution >= 0.6 is 0 Å². The number of hydrogen-bond donors (Lipinski definition) is 0. The van der Waals surface area contributed by atoms with Gasteiger partial charge in [0.25, 0.3) is 0 Å². The maximum Gasteiger partial charge on any atom is 1.00 e. The summed E-state index contributed by atoms with van der Waals surface area (Å²) in [6, 6.07) is 18.1. The summed E-state index contributed by atoms with van der Waals surface area (Å²) in [6.45, 7) is -0.819. The van der Waals surface area contributed by atoms with E-state index in [9.17, 15) is 19.8 Å². The van der Waals surface area contributed by atoms with Crippen LogP contribution in [0.4, 0.5) is 0 Å². The molecule has 0 aliphatic heterocycles. The van der Waals surface area contributed by atoms with Crippen LogP contribution in [0.5, 0.6) is 5.75 Å². The normalized spacial score (nSPS) is 10.3. The number of carboxylic acids is 2. The molecule has 1 aromatic heterocycles. The molecule has 4 rings (SSSR count). The van der Waals surface area contributed by atoms with E-state index < -0.39 is 18.5 Å². The number of rotatable bonds is 6. The molecule has 140 valence electrons. The first-order chi connectivity index (χ1) is 13.5. The third kappa shape index (κ3) is 5.24. The smallest absolute Gasteiger partial charge is 0.548 e. The van der Waals surface area contributed by atoms with Crippen LogP contribution in [0, 0.1) is 0 Å². The van der Waals surface area contributed by atoms with Gasteiger partial charge in [-0.15, -0.1) is 0 Å². The van der Waals surface area contributed by atoms with Crippen molar-refractivity contribution < 1.29 is 83.7 Å². The average molecular weight is 420 g/mol. The van der Waals surface area contributed by atoms with Crippen LogP contribution in [0.3, 0.4) is 0 Å². The number of aromatic nitrogens is 2. The van der Waals surface area contributed by atoms with E-state index in [-0.39, 0.29) is 65.7 Å². The quantitative estimate of drug-likeness (QED) is 0.289. The molecule has 0 aliphatic rings. The van der Waals surface area contributed by atoms with E-state index in [1.807, 2.05) is 42.5 Å². The Labute approximate surface area is 216 Å². The Morgan fingerprint density at radius 3 is 2.33 bits per heavy atom. The maximum absolute atomic E-state index is 11.2. The number of carbonyl (C=O) groups excluding carboxylic acids is 2. The number of para-hydroxylation sites is 2. The third-order valence-electron chi connectivity index (χ3n) is 4.37. The maximum atomic E-state index is 11.2. The van der Waals surface area contributed by atoms with E-state index in [1.54, 1.807) is 22.8 Å². The fourth-order valence-electron chi connectivity index (χ4n) is 3.18. The summed E-state index contributed by atoms with van der Waals surface area (Å²) in [5.74, 6) is -1.53. The average Bonchev–Trinajstić information content (AvgIpc) is 3.04. The Kier molecular flexibility index (Phi) is 8.49. The number of fused-ring (bicyclic) bond motifs is 2. The van der Waals surface area contributed by atoms with Crippen LogP contribution in [0.1, 0.15) is 0 Å². The zero-order chi connectivity index (χ0) is 19.7. The summed E-state index contributed by atoms with van der Waals surface area (Å²) in [7, 11) is 0. The molecule has 3 aromatic carbocycles. The van der Waals surface area contributed by atoms with Crippen molar-refractivity contribution in [1.29, 1.82) is 0 Å². The Morgan fingerprint density at radius 2 is 1.60 bits per heavy atom. The third-order valence-corrected chi connectivity index (χ3v) is 4.37. The van der Waals surface area contributed by atoms with Crippen molar-refractivity contribution in [3.8, 4) is 17.1 Å². The van der Waals surface area contributed by atoms with Gasteiger partial charge in [-0.2, -0.15) is 0 Å². The van der Waals surface area contributed by atoms with E-state index in [0.29, 0.717) is 22.6 Å². The first kappa shape index (κ1) is 24.4. The summed E-state index contributed by atoms with van der Waals surface area (Å²) in [5, 5.41) is 23.5. The first-order valence-corrected chi connectivity index (χ1v) is 8.53. The molecule has 1 heterocycles. The minimum Gasteiger partial charge on any atom is -0.548 e. The second-order valence-corrected chi connectivity index (χ2v) is 6.27. The summed E-state index contributed by atoms with van der Waals surface area (Å²) in [4.78, 5) is 26.3. The van der Waals surface area contributed by atoms with Crippen LogP contribution < -0.4 is 74.1 Å². The molecule has 30 heavy (non-hydrogen) atoms. The molecular formula is C21H14N2Na2O5. The van der Waals surface area contributed by atoms with Gasteiger partial charge in [0.15, 0.2) is 0 Å². The standard InChI is InChI=1S/C21H16N2O5.2Na/c24-19(25)11-23-18-4-2-1-3-17(18)22-21(23)15-6-5-14-10-16(28-12-20(26)27)8-7-13(14)9-15;;/h1-10H,11-12H2,(H,24,25)(H,26,27);;/q;2*+1/p-2.